The standard InChI is InChI=1S/C23H32O4SSi/c1-6-20(17-18-26-28(5,24)25)19-27-29(23(2,3)4,21-13-9-7-10-14-21)22-15-11-8-12-16-22/h6-16,20H,1,17-19H2,2-5H3/t20-/m1/s1. The molecule has 2 aromatic rings. The summed E-state index contributed by atoms with van der Waals surface area (Å²) in [6.07, 6.45) is 3.42. The van der Waals surface area contributed by atoms with Gasteiger partial charge in [-0.25, -0.2) is 0 Å². The Balaban J connectivity index is 2.36. The van der Waals surface area contributed by atoms with Crippen LogP contribution < -0.4 is 10.4 Å². The highest BCUT2D eigenvalue weighted by atomic mass is 32.2. The minimum absolute atomic E-state index is 0.00148. The van der Waals surface area contributed by atoms with Gasteiger partial charge in [0.2, 0.25) is 0 Å². The second-order valence-corrected chi connectivity index (χ2v) is 14.2. The van der Waals surface area contributed by atoms with Crippen LogP contribution in [0.15, 0.2) is 73.3 Å². The van der Waals surface area contributed by atoms with Crippen molar-refractivity contribution >= 4 is 28.8 Å². The summed E-state index contributed by atoms with van der Waals surface area (Å²) in [5, 5.41) is 2.33. The summed E-state index contributed by atoms with van der Waals surface area (Å²) in [4.78, 5) is 0. The van der Waals surface area contributed by atoms with E-state index in [0.29, 0.717) is 13.0 Å². The second-order valence-electron chi connectivity index (χ2n) is 8.28. The summed E-state index contributed by atoms with van der Waals surface area (Å²) >= 11 is 0. The van der Waals surface area contributed by atoms with Gasteiger partial charge in [-0.15, -0.1) is 6.58 Å². The molecule has 4 nitrogen and oxygen atoms in total. The van der Waals surface area contributed by atoms with Crippen molar-refractivity contribution in [2.24, 2.45) is 5.92 Å². The Labute approximate surface area is 176 Å². The smallest absolute Gasteiger partial charge is 0.264 e. The fourth-order valence-electron chi connectivity index (χ4n) is 3.61. The van der Waals surface area contributed by atoms with E-state index in [1.54, 1.807) is 0 Å². The Kier molecular flexibility index (Phi) is 7.99. The lowest BCUT2D eigenvalue weighted by Crippen LogP contribution is -2.66. The van der Waals surface area contributed by atoms with Crippen molar-refractivity contribution in [3.8, 4) is 0 Å². The fourth-order valence-corrected chi connectivity index (χ4v) is 8.63. The Morgan fingerprint density at radius 2 is 1.48 bits per heavy atom. The summed E-state index contributed by atoms with van der Waals surface area (Å²) in [5.74, 6) is -0.00148. The van der Waals surface area contributed by atoms with E-state index in [1.165, 1.54) is 10.4 Å². The summed E-state index contributed by atoms with van der Waals surface area (Å²) in [6, 6.07) is 20.9. The molecule has 0 fully saturated rings. The molecule has 158 valence electrons. The zero-order chi connectivity index (χ0) is 21.5. The largest absolute Gasteiger partial charge is 0.407 e. The van der Waals surface area contributed by atoms with Gasteiger partial charge >= 0.3 is 0 Å². The van der Waals surface area contributed by atoms with Crippen LogP contribution in [0, 0.1) is 5.92 Å². The Bertz CT molecular complexity index is 835. The molecule has 0 aliphatic carbocycles. The van der Waals surface area contributed by atoms with E-state index < -0.39 is 18.4 Å². The molecule has 0 amide bonds. The van der Waals surface area contributed by atoms with E-state index in [4.69, 9.17) is 8.61 Å². The maximum absolute atomic E-state index is 11.2. The van der Waals surface area contributed by atoms with Crippen LogP contribution in [0.3, 0.4) is 0 Å². The Morgan fingerprint density at radius 1 is 1.00 bits per heavy atom. The van der Waals surface area contributed by atoms with Gasteiger partial charge in [0, 0.05) is 12.5 Å². The molecule has 0 N–H and O–H groups in total. The molecular weight excluding hydrogens is 400 g/mol. The van der Waals surface area contributed by atoms with Crippen molar-refractivity contribution in [1.82, 2.24) is 0 Å². The van der Waals surface area contributed by atoms with Crippen LogP contribution in [0.25, 0.3) is 0 Å². The van der Waals surface area contributed by atoms with Gasteiger partial charge in [0.1, 0.15) is 0 Å². The van der Waals surface area contributed by atoms with Crippen molar-refractivity contribution < 1.29 is 17.0 Å². The summed E-state index contributed by atoms with van der Waals surface area (Å²) in [5.41, 5.74) is 0. The van der Waals surface area contributed by atoms with Crippen LogP contribution in [0.5, 0.6) is 0 Å². The molecule has 0 aliphatic heterocycles. The summed E-state index contributed by atoms with van der Waals surface area (Å²) in [6.45, 7) is 11.2. The first kappa shape index (κ1) is 23.5. The van der Waals surface area contributed by atoms with Gasteiger partial charge in [-0.1, -0.05) is 87.5 Å². The first-order valence-electron chi connectivity index (χ1n) is 9.82. The predicted molar refractivity (Wildman–Crippen MR) is 123 cm³/mol. The first-order chi connectivity index (χ1) is 13.6. The predicted octanol–water partition coefficient (Wildman–Crippen LogP) is 3.73. The molecule has 0 spiro atoms. The van der Waals surface area contributed by atoms with E-state index in [0.717, 1.165) is 6.26 Å². The minimum Gasteiger partial charge on any atom is -0.407 e. The molecule has 29 heavy (non-hydrogen) atoms. The van der Waals surface area contributed by atoms with Crippen LogP contribution in [0.2, 0.25) is 5.04 Å². The third-order valence-electron chi connectivity index (χ3n) is 5.05. The lowest BCUT2D eigenvalue weighted by Gasteiger charge is -2.43. The lowest BCUT2D eigenvalue weighted by molar-refractivity contribution is 0.226. The van der Waals surface area contributed by atoms with E-state index in [1.807, 2.05) is 18.2 Å². The number of rotatable bonds is 10. The van der Waals surface area contributed by atoms with Crippen molar-refractivity contribution in [2.45, 2.75) is 32.2 Å². The fraction of sp³-hybridized carbons (Fsp3) is 0.391. The summed E-state index contributed by atoms with van der Waals surface area (Å²) in [7, 11) is -6.06. The molecule has 6 heteroatoms. The molecule has 0 aliphatic rings. The normalized spacial score (nSPS) is 13.8. The van der Waals surface area contributed by atoms with Crippen LogP contribution in [0.4, 0.5) is 0 Å². The van der Waals surface area contributed by atoms with Crippen molar-refractivity contribution in [3.63, 3.8) is 0 Å². The Morgan fingerprint density at radius 3 is 1.86 bits per heavy atom. The molecule has 0 saturated carbocycles. The maximum Gasteiger partial charge on any atom is 0.264 e. The third-order valence-corrected chi connectivity index (χ3v) is 10.6. The number of benzene rings is 2. The average Bonchev–Trinajstić information content (AvgIpc) is 2.66. The van der Waals surface area contributed by atoms with Crippen molar-refractivity contribution in [3.05, 3.63) is 73.3 Å². The molecule has 0 heterocycles. The van der Waals surface area contributed by atoms with Crippen LogP contribution >= 0.6 is 0 Å². The van der Waals surface area contributed by atoms with E-state index in [2.05, 4.69) is 75.9 Å². The van der Waals surface area contributed by atoms with Crippen molar-refractivity contribution in [1.29, 1.82) is 0 Å². The van der Waals surface area contributed by atoms with E-state index >= 15 is 0 Å². The van der Waals surface area contributed by atoms with E-state index in [9.17, 15) is 8.42 Å². The molecule has 2 rings (SSSR count). The van der Waals surface area contributed by atoms with Gasteiger partial charge in [0.05, 0.1) is 12.9 Å². The lowest BCUT2D eigenvalue weighted by atomic mass is 10.1. The topological polar surface area (TPSA) is 52.6 Å². The van der Waals surface area contributed by atoms with E-state index in [-0.39, 0.29) is 17.6 Å². The van der Waals surface area contributed by atoms with Gasteiger partial charge < -0.3 is 4.43 Å². The molecule has 0 unspecified atom stereocenters. The molecule has 2 aromatic carbocycles. The van der Waals surface area contributed by atoms with Crippen molar-refractivity contribution in [2.75, 3.05) is 19.5 Å². The second kappa shape index (κ2) is 9.85. The van der Waals surface area contributed by atoms with Gasteiger partial charge in [-0.3, -0.25) is 4.18 Å². The SMILES string of the molecule is C=C[C@H](CCOS(C)(=O)=O)CO[Si](c1ccccc1)(c1ccccc1)C(C)(C)C. The molecule has 0 radical (unpaired) electrons. The van der Waals surface area contributed by atoms with Gasteiger partial charge in [-0.05, 0) is 21.8 Å². The maximum atomic E-state index is 11.2. The molecule has 0 aromatic heterocycles. The zero-order valence-electron chi connectivity index (χ0n) is 17.8. The Hall–Kier alpha value is -1.73. The van der Waals surface area contributed by atoms with Crippen LogP contribution in [-0.2, 0) is 18.7 Å². The highest BCUT2D eigenvalue weighted by Gasteiger charge is 2.50. The van der Waals surface area contributed by atoms with Gasteiger partial charge in [0.15, 0.2) is 0 Å². The molecule has 0 saturated heterocycles. The molecule has 1 atom stereocenters. The third kappa shape index (κ3) is 6.12. The highest BCUT2D eigenvalue weighted by molar-refractivity contribution is 7.85. The minimum atomic E-state index is -3.45. The number of hydrogen-bond donors (Lipinski definition) is 0. The van der Waals surface area contributed by atoms with Crippen LogP contribution in [-0.4, -0.2) is 36.2 Å². The number of hydrogen-bond acceptors (Lipinski definition) is 4. The molecule has 0 bridgehead atoms. The van der Waals surface area contributed by atoms with Crippen LogP contribution in [0.1, 0.15) is 27.2 Å². The average molecular weight is 433 g/mol. The van der Waals surface area contributed by atoms with Gasteiger partial charge in [0.25, 0.3) is 18.4 Å². The summed E-state index contributed by atoms with van der Waals surface area (Å²) < 4.78 is 34.3. The first-order valence-corrected chi connectivity index (χ1v) is 13.5. The monoisotopic (exact) mass is 432 g/mol. The molecular formula is C23H32O4SSi. The quantitative estimate of drug-likeness (QED) is 0.326. The highest BCUT2D eigenvalue weighted by Crippen LogP contribution is 2.37. The van der Waals surface area contributed by atoms with Gasteiger partial charge in [-0.2, -0.15) is 8.42 Å². The zero-order valence-corrected chi connectivity index (χ0v) is 19.6.